The molecule has 0 aliphatic carbocycles. The fourth-order valence-corrected chi connectivity index (χ4v) is 4.67. The molecule has 0 radical (unpaired) electrons. The molecule has 0 saturated carbocycles. The van der Waals surface area contributed by atoms with Crippen LogP contribution in [0.5, 0.6) is 0 Å². The van der Waals surface area contributed by atoms with Gasteiger partial charge in [-0.1, -0.05) is 30.3 Å². The molecule has 2 fully saturated rings. The third-order valence-electron chi connectivity index (χ3n) is 5.63. The van der Waals surface area contributed by atoms with Gasteiger partial charge in [-0.3, -0.25) is 9.59 Å². The summed E-state index contributed by atoms with van der Waals surface area (Å²) in [6.07, 6.45) is 1.29. The molecule has 2 atom stereocenters. The van der Waals surface area contributed by atoms with E-state index < -0.39 is 12.1 Å². The van der Waals surface area contributed by atoms with Gasteiger partial charge in [0.25, 0.3) is 5.91 Å². The molecule has 2 aromatic rings. The van der Waals surface area contributed by atoms with E-state index in [1.54, 1.807) is 9.80 Å². The Balaban J connectivity index is 1.51. The summed E-state index contributed by atoms with van der Waals surface area (Å²) >= 11 is 1.35. The maximum Gasteiger partial charge on any atom is 0.318 e. The number of carbonyl (C=O) groups is 3. The molecule has 2 saturated heterocycles. The third-order valence-corrected chi connectivity index (χ3v) is 6.51. The Labute approximate surface area is 190 Å². The number of ether oxygens (including phenoxy) is 1. The number of urea groups is 1. The van der Waals surface area contributed by atoms with Crippen molar-refractivity contribution >= 4 is 34.3 Å². The van der Waals surface area contributed by atoms with E-state index in [-0.39, 0.29) is 17.8 Å². The lowest BCUT2D eigenvalue weighted by Crippen LogP contribution is -2.52. The number of rotatable bonds is 5. The predicted octanol–water partition coefficient (Wildman–Crippen LogP) is 2.16. The summed E-state index contributed by atoms with van der Waals surface area (Å²) in [5.74, 6) is -0.540. The number of carbonyl (C=O) groups excluding carboxylic acids is 3. The van der Waals surface area contributed by atoms with Crippen molar-refractivity contribution in [3.63, 3.8) is 0 Å². The van der Waals surface area contributed by atoms with Gasteiger partial charge in [0.2, 0.25) is 5.91 Å². The molecule has 2 aliphatic heterocycles. The zero-order valence-electron chi connectivity index (χ0n) is 18.0. The molecule has 0 unspecified atom stereocenters. The van der Waals surface area contributed by atoms with Crippen LogP contribution in [0.1, 0.15) is 30.1 Å². The van der Waals surface area contributed by atoms with Crippen LogP contribution >= 0.6 is 11.3 Å². The first kappa shape index (κ1) is 22.2. The Hall–Kier alpha value is -2.98. The van der Waals surface area contributed by atoms with Gasteiger partial charge >= 0.3 is 6.03 Å². The monoisotopic (exact) mass is 457 g/mol. The van der Waals surface area contributed by atoms with Crippen molar-refractivity contribution < 1.29 is 19.1 Å². The number of anilines is 1. The highest BCUT2D eigenvalue weighted by atomic mass is 32.1. The molecular formula is C22H27N5O4S. The van der Waals surface area contributed by atoms with Gasteiger partial charge < -0.3 is 25.2 Å². The minimum absolute atomic E-state index is 0.253. The number of nitrogens with one attached hydrogen (secondary N) is 2. The number of likely N-dealkylation sites (tertiary alicyclic amines) is 1. The molecule has 32 heavy (non-hydrogen) atoms. The Morgan fingerprint density at radius 3 is 2.59 bits per heavy atom. The lowest BCUT2D eigenvalue weighted by molar-refractivity contribution is -0.138. The zero-order valence-corrected chi connectivity index (χ0v) is 18.8. The number of thiazole rings is 1. The largest absolute Gasteiger partial charge is 0.378 e. The van der Waals surface area contributed by atoms with Gasteiger partial charge in [-0.15, -0.1) is 11.3 Å². The van der Waals surface area contributed by atoms with E-state index in [2.05, 4.69) is 15.6 Å². The smallest absolute Gasteiger partial charge is 0.318 e. The average Bonchev–Trinajstić information content (AvgIpc) is 3.47. The summed E-state index contributed by atoms with van der Waals surface area (Å²) in [7, 11) is 0. The van der Waals surface area contributed by atoms with E-state index in [4.69, 9.17) is 4.74 Å². The lowest BCUT2D eigenvalue weighted by atomic mass is 10.0. The van der Waals surface area contributed by atoms with Crippen LogP contribution in [-0.4, -0.2) is 71.5 Å². The number of hydrogen-bond acceptors (Lipinski definition) is 6. The van der Waals surface area contributed by atoms with Crippen LogP contribution in [-0.2, 0) is 14.3 Å². The fraction of sp³-hybridized carbons (Fsp3) is 0.455. The molecule has 4 amide bonds. The molecule has 4 rings (SSSR count). The van der Waals surface area contributed by atoms with Crippen molar-refractivity contribution in [2.45, 2.75) is 31.8 Å². The van der Waals surface area contributed by atoms with Crippen molar-refractivity contribution in [3.05, 3.63) is 47.0 Å². The number of nitrogens with zero attached hydrogens (tertiary/aromatic N) is 3. The van der Waals surface area contributed by atoms with Crippen molar-refractivity contribution in [1.82, 2.24) is 20.1 Å². The lowest BCUT2D eigenvalue weighted by Gasteiger charge is -2.32. The highest BCUT2D eigenvalue weighted by Crippen LogP contribution is 2.25. The molecule has 10 heteroatoms. The van der Waals surface area contributed by atoms with Crippen LogP contribution in [0.15, 0.2) is 35.7 Å². The second-order valence-electron chi connectivity index (χ2n) is 7.87. The summed E-state index contributed by atoms with van der Waals surface area (Å²) in [5.41, 5.74) is 1.51. The molecule has 0 spiro atoms. The summed E-state index contributed by atoms with van der Waals surface area (Å²) < 4.78 is 5.31. The summed E-state index contributed by atoms with van der Waals surface area (Å²) in [6, 6.07) is 7.35. The van der Waals surface area contributed by atoms with Crippen LogP contribution in [0, 0.1) is 6.92 Å². The maximum atomic E-state index is 13.6. The minimum atomic E-state index is -0.873. The van der Waals surface area contributed by atoms with E-state index in [9.17, 15) is 14.4 Å². The highest BCUT2D eigenvalue weighted by Gasteiger charge is 2.39. The average molecular weight is 458 g/mol. The Kier molecular flexibility index (Phi) is 7.01. The van der Waals surface area contributed by atoms with Crippen LogP contribution in [0.3, 0.4) is 0 Å². The van der Waals surface area contributed by atoms with Gasteiger partial charge in [-0.2, -0.15) is 0 Å². The molecular weight excluding hydrogens is 430 g/mol. The first-order valence-corrected chi connectivity index (χ1v) is 11.6. The molecule has 0 bridgehead atoms. The second kappa shape index (κ2) is 10.1. The number of benzene rings is 1. The molecule has 9 nitrogen and oxygen atoms in total. The fourth-order valence-electron chi connectivity index (χ4n) is 3.98. The first-order chi connectivity index (χ1) is 15.5. The SMILES string of the molecule is Cc1csc(NC(=O)[C@@H]2CCCN2C(=O)[C@H](NC(=O)N2CCOCC2)c2ccccc2)n1. The summed E-state index contributed by atoms with van der Waals surface area (Å²) in [4.78, 5) is 46.9. The molecule has 2 N–H and O–H groups in total. The molecule has 1 aromatic carbocycles. The molecule has 1 aromatic heterocycles. The van der Waals surface area contributed by atoms with Crippen molar-refractivity contribution in [3.8, 4) is 0 Å². The van der Waals surface area contributed by atoms with Crippen molar-refractivity contribution in [2.24, 2.45) is 0 Å². The third kappa shape index (κ3) is 5.08. The van der Waals surface area contributed by atoms with Gasteiger partial charge in [0.15, 0.2) is 5.13 Å². The van der Waals surface area contributed by atoms with E-state index in [1.807, 2.05) is 42.6 Å². The Morgan fingerprint density at radius 2 is 1.91 bits per heavy atom. The van der Waals surface area contributed by atoms with Gasteiger partial charge in [-0.05, 0) is 25.3 Å². The van der Waals surface area contributed by atoms with Crippen molar-refractivity contribution in [2.75, 3.05) is 38.2 Å². The zero-order chi connectivity index (χ0) is 22.5. The molecule has 2 aliphatic rings. The standard InChI is InChI=1S/C22H27N5O4S/c1-15-14-32-21(23-15)25-19(28)17-8-5-9-27(17)20(29)18(16-6-3-2-4-7-16)24-22(30)26-10-12-31-13-11-26/h2-4,6-7,14,17-18H,5,8-13H2,1H3,(H,24,30)(H,23,25,28)/t17-,18+/m0/s1. The van der Waals surface area contributed by atoms with E-state index in [0.717, 1.165) is 12.1 Å². The quantitative estimate of drug-likeness (QED) is 0.716. The predicted molar refractivity (Wildman–Crippen MR) is 120 cm³/mol. The van der Waals surface area contributed by atoms with E-state index in [0.29, 0.717) is 50.0 Å². The van der Waals surface area contributed by atoms with Crippen molar-refractivity contribution in [1.29, 1.82) is 0 Å². The van der Waals surface area contributed by atoms with Gasteiger partial charge in [0.1, 0.15) is 12.1 Å². The number of morpholine rings is 1. The summed E-state index contributed by atoms with van der Waals surface area (Å²) in [5, 5.41) is 8.10. The Bertz CT molecular complexity index is 960. The van der Waals surface area contributed by atoms with Gasteiger partial charge in [0, 0.05) is 25.0 Å². The maximum absolute atomic E-state index is 13.6. The second-order valence-corrected chi connectivity index (χ2v) is 8.72. The van der Waals surface area contributed by atoms with E-state index in [1.165, 1.54) is 11.3 Å². The minimum Gasteiger partial charge on any atom is -0.378 e. The number of amides is 4. The first-order valence-electron chi connectivity index (χ1n) is 10.7. The van der Waals surface area contributed by atoms with Gasteiger partial charge in [-0.25, -0.2) is 9.78 Å². The molecule has 3 heterocycles. The molecule has 170 valence electrons. The number of aromatic nitrogens is 1. The topological polar surface area (TPSA) is 104 Å². The van der Waals surface area contributed by atoms with Crippen LogP contribution in [0.2, 0.25) is 0 Å². The van der Waals surface area contributed by atoms with Crippen LogP contribution in [0.25, 0.3) is 0 Å². The van der Waals surface area contributed by atoms with Crippen LogP contribution in [0.4, 0.5) is 9.93 Å². The Morgan fingerprint density at radius 1 is 1.16 bits per heavy atom. The number of aryl methyl sites for hydroxylation is 1. The van der Waals surface area contributed by atoms with Gasteiger partial charge in [0.05, 0.1) is 18.9 Å². The number of hydrogen-bond donors (Lipinski definition) is 2. The van der Waals surface area contributed by atoms with E-state index >= 15 is 0 Å². The highest BCUT2D eigenvalue weighted by molar-refractivity contribution is 7.13. The summed E-state index contributed by atoms with van der Waals surface area (Å²) in [6.45, 7) is 4.22. The normalized spacial score (nSPS) is 19.5. The van der Waals surface area contributed by atoms with Crippen LogP contribution < -0.4 is 10.6 Å².